The first-order valence-corrected chi connectivity index (χ1v) is 3.24. The molecule has 0 spiro atoms. The molecule has 2 heteroatoms. The van der Waals surface area contributed by atoms with E-state index in [2.05, 4.69) is 5.32 Å². The summed E-state index contributed by atoms with van der Waals surface area (Å²) in [5, 5.41) is 3.30. The quantitative estimate of drug-likeness (QED) is 0.649. The second kappa shape index (κ2) is 1.79. The fraction of sp³-hybridized carbons (Fsp3) is 0.429. The number of furan rings is 1. The number of hydrogen-bond donors (Lipinski definition) is 1. The lowest BCUT2D eigenvalue weighted by atomic mass is 10.5. The van der Waals surface area contributed by atoms with Crippen molar-refractivity contribution >= 4 is 5.69 Å². The molecule has 1 N–H and O–H groups in total. The standard InChI is InChI=1S/C7H9NO/c1-2-6(1)8-7-3-4-9-5-7/h3-6,8H,1-2H2. The molecule has 0 amide bonds. The molecule has 1 saturated carbocycles. The van der Waals surface area contributed by atoms with Gasteiger partial charge in [0.05, 0.1) is 12.0 Å². The van der Waals surface area contributed by atoms with E-state index in [9.17, 15) is 0 Å². The number of nitrogens with one attached hydrogen (secondary N) is 1. The van der Waals surface area contributed by atoms with E-state index in [1.807, 2.05) is 6.07 Å². The predicted octanol–water partition coefficient (Wildman–Crippen LogP) is 1.85. The van der Waals surface area contributed by atoms with E-state index in [-0.39, 0.29) is 0 Å². The molecule has 1 aromatic rings. The van der Waals surface area contributed by atoms with Gasteiger partial charge in [0, 0.05) is 6.04 Å². The first-order chi connectivity index (χ1) is 4.45. The maximum absolute atomic E-state index is 4.88. The lowest BCUT2D eigenvalue weighted by molar-refractivity contribution is 0.568. The van der Waals surface area contributed by atoms with Crippen molar-refractivity contribution < 1.29 is 4.42 Å². The molecule has 1 aromatic heterocycles. The Balaban J connectivity index is 1.99. The maximum atomic E-state index is 4.88. The maximum Gasteiger partial charge on any atom is 0.113 e. The molecular formula is C7H9NO. The van der Waals surface area contributed by atoms with Crippen molar-refractivity contribution in [2.75, 3.05) is 5.32 Å². The highest BCUT2D eigenvalue weighted by Crippen LogP contribution is 2.24. The third-order valence-corrected chi connectivity index (χ3v) is 1.47. The largest absolute Gasteiger partial charge is 0.470 e. The van der Waals surface area contributed by atoms with Crippen LogP contribution in [0.4, 0.5) is 5.69 Å². The summed E-state index contributed by atoms with van der Waals surface area (Å²) in [6.07, 6.45) is 6.04. The van der Waals surface area contributed by atoms with Gasteiger partial charge in [0.2, 0.25) is 0 Å². The molecule has 0 bridgehead atoms. The average Bonchev–Trinajstić information content (AvgIpc) is 2.46. The fourth-order valence-electron chi connectivity index (χ4n) is 0.810. The van der Waals surface area contributed by atoms with Gasteiger partial charge in [-0.25, -0.2) is 0 Å². The van der Waals surface area contributed by atoms with Gasteiger partial charge in [-0.05, 0) is 18.9 Å². The van der Waals surface area contributed by atoms with Crippen LogP contribution in [-0.4, -0.2) is 6.04 Å². The third kappa shape index (κ3) is 1.07. The van der Waals surface area contributed by atoms with Crippen LogP contribution in [0.3, 0.4) is 0 Å². The summed E-state index contributed by atoms with van der Waals surface area (Å²) in [6, 6.07) is 2.67. The molecule has 1 fully saturated rings. The Morgan fingerprint density at radius 1 is 1.56 bits per heavy atom. The van der Waals surface area contributed by atoms with Crippen LogP contribution in [0.2, 0.25) is 0 Å². The van der Waals surface area contributed by atoms with Crippen LogP contribution >= 0.6 is 0 Å². The summed E-state index contributed by atoms with van der Waals surface area (Å²) in [4.78, 5) is 0. The van der Waals surface area contributed by atoms with Crippen molar-refractivity contribution in [2.45, 2.75) is 18.9 Å². The van der Waals surface area contributed by atoms with Crippen molar-refractivity contribution in [3.8, 4) is 0 Å². The summed E-state index contributed by atoms with van der Waals surface area (Å²) in [5.74, 6) is 0. The summed E-state index contributed by atoms with van der Waals surface area (Å²) < 4.78 is 4.88. The van der Waals surface area contributed by atoms with Gasteiger partial charge < -0.3 is 9.73 Å². The summed E-state index contributed by atoms with van der Waals surface area (Å²) in [5.41, 5.74) is 1.11. The van der Waals surface area contributed by atoms with Gasteiger partial charge in [-0.1, -0.05) is 0 Å². The number of anilines is 1. The van der Waals surface area contributed by atoms with Crippen LogP contribution in [0.1, 0.15) is 12.8 Å². The monoisotopic (exact) mass is 123 g/mol. The Morgan fingerprint density at radius 3 is 3.00 bits per heavy atom. The second-order valence-corrected chi connectivity index (χ2v) is 2.43. The molecular weight excluding hydrogens is 114 g/mol. The van der Waals surface area contributed by atoms with Gasteiger partial charge >= 0.3 is 0 Å². The lowest BCUT2D eigenvalue weighted by Gasteiger charge is -1.95. The molecule has 48 valence electrons. The first-order valence-electron chi connectivity index (χ1n) is 3.24. The molecule has 0 unspecified atom stereocenters. The van der Waals surface area contributed by atoms with Crippen LogP contribution in [0, 0.1) is 0 Å². The van der Waals surface area contributed by atoms with E-state index in [0.29, 0.717) is 0 Å². The van der Waals surface area contributed by atoms with E-state index in [1.54, 1.807) is 12.5 Å². The minimum Gasteiger partial charge on any atom is -0.470 e. The van der Waals surface area contributed by atoms with Crippen molar-refractivity contribution in [3.05, 3.63) is 18.6 Å². The molecule has 2 nitrogen and oxygen atoms in total. The Bertz CT molecular complexity index is 177. The molecule has 1 heterocycles. The van der Waals surface area contributed by atoms with Crippen LogP contribution in [0.25, 0.3) is 0 Å². The van der Waals surface area contributed by atoms with E-state index >= 15 is 0 Å². The van der Waals surface area contributed by atoms with Crippen molar-refractivity contribution in [2.24, 2.45) is 0 Å². The van der Waals surface area contributed by atoms with Gasteiger partial charge in [-0.2, -0.15) is 0 Å². The summed E-state index contributed by atoms with van der Waals surface area (Å²) in [6.45, 7) is 0. The molecule has 9 heavy (non-hydrogen) atoms. The highest BCUT2D eigenvalue weighted by Gasteiger charge is 2.20. The second-order valence-electron chi connectivity index (χ2n) is 2.43. The molecule has 0 aliphatic heterocycles. The van der Waals surface area contributed by atoms with Crippen molar-refractivity contribution in [3.63, 3.8) is 0 Å². The van der Waals surface area contributed by atoms with E-state index in [1.165, 1.54) is 12.8 Å². The fourth-order valence-corrected chi connectivity index (χ4v) is 0.810. The van der Waals surface area contributed by atoms with Gasteiger partial charge in [-0.3, -0.25) is 0 Å². The van der Waals surface area contributed by atoms with Gasteiger partial charge in [0.25, 0.3) is 0 Å². The molecule has 0 aromatic carbocycles. The normalized spacial score (nSPS) is 17.8. The highest BCUT2D eigenvalue weighted by atomic mass is 16.3. The van der Waals surface area contributed by atoms with Gasteiger partial charge in [0.1, 0.15) is 6.26 Å². The minimum atomic E-state index is 0.725. The predicted molar refractivity (Wildman–Crippen MR) is 35.4 cm³/mol. The number of rotatable bonds is 2. The van der Waals surface area contributed by atoms with E-state index < -0.39 is 0 Å². The van der Waals surface area contributed by atoms with Crippen LogP contribution in [-0.2, 0) is 0 Å². The zero-order valence-electron chi connectivity index (χ0n) is 5.13. The first kappa shape index (κ1) is 4.91. The zero-order valence-corrected chi connectivity index (χ0v) is 5.13. The van der Waals surface area contributed by atoms with Crippen molar-refractivity contribution in [1.29, 1.82) is 0 Å². The summed E-state index contributed by atoms with van der Waals surface area (Å²) in [7, 11) is 0. The average molecular weight is 123 g/mol. The molecule has 1 aliphatic carbocycles. The van der Waals surface area contributed by atoms with Gasteiger partial charge in [0.15, 0.2) is 0 Å². The topological polar surface area (TPSA) is 25.2 Å². The van der Waals surface area contributed by atoms with Gasteiger partial charge in [-0.15, -0.1) is 0 Å². The zero-order chi connectivity index (χ0) is 6.10. The Hall–Kier alpha value is -0.920. The molecule has 1 aliphatic rings. The Kier molecular flexibility index (Phi) is 0.979. The minimum absolute atomic E-state index is 0.725. The Morgan fingerprint density at radius 2 is 2.44 bits per heavy atom. The van der Waals surface area contributed by atoms with Crippen LogP contribution < -0.4 is 5.32 Å². The lowest BCUT2D eigenvalue weighted by Crippen LogP contribution is -1.98. The molecule has 2 rings (SSSR count). The number of hydrogen-bond acceptors (Lipinski definition) is 2. The van der Waals surface area contributed by atoms with Crippen LogP contribution in [0.15, 0.2) is 23.0 Å². The summed E-state index contributed by atoms with van der Waals surface area (Å²) >= 11 is 0. The third-order valence-electron chi connectivity index (χ3n) is 1.47. The molecule has 0 radical (unpaired) electrons. The Labute approximate surface area is 53.9 Å². The SMILES string of the molecule is c1cc(NC2CC2)co1. The molecule has 0 saturated heterocycles. The van der Waals surface area contributed by atoms with Crippen molar-refractivity contribution in [1.82, 2.24) is 0 Å². The van der Waals surface area contributed by atoms with E-state index in [4.69, 9.17) is 4.42 Å². The smallest absolute Gasteiger partial charge is 0.113 e. The highest BCUT2D eigenvalue weighted by molar-refractivity contribution is 5.41. The van der Waals surface area contributed by atoms with E-state index in [0.717, 1.165) is 11.7 Å². The molecule has 0 atom stereocenters. The van der Waals surface area contributed by atoms with Crippen LogP contribution in [0.5, 0.6) is 0 Å².